The summed E-state index contributed by atoms with van der Waals surface area (Å²) in [4.78, 5) is 20.9. The zero-order chi connectivity index (χ0) is 13.4. The van der Waals surface area contributed by atoms with Crippen LogP contribution in [0.15, 0.2) is 15.9 Å². The van der Waals surface area contributed by atoms with Crippen molar-refractivity contribution in [1.29, 1.82) is 0 Å². The maximum Gasteiger partial charge on any atom is 0.354 e. The Balaban J connectivity index is 2.16. The number of carboxylic acid groups (broad SMARTS) is 1. The van der Waals surface area contributed by atoms with E-state index < -0.39 is 5.97 Å². The number of carboxylic acids is 1. The van der Waals surface area contributed by atoms with Crippen molar-refractivity contribution in [1.82, 2.24) is 15.3 Å². The number of rotatable bonds is 2. The van der Waals surface area contributed by atoms with Crippen LogP contribution in [0.4, 0.5) is 0 Å². The second-order valence-electron chi connectivity index (χ2n) is 4.16. The Bertz CT molecular complexity index is 656. The monoisotopic (exact) mass is 339 g/mol. The van der Waals surface area contributed by atoms with E-state index in [0.29, 0.717) is 17.9 Å². The quantitative estimate of drug-likeness (QED) is 0.878. The Morgan fingerprint density at radius 1 is 1.42 bits per heavy atom. The summed E-state index contributed by atoms with van der Waals surface area (Å²) in [5.74, 6) is -0.507. The summed E-state index contributed by atoms with van der Waals surface area (Å²) >= 11 is 4.88. The lowest BCUT2D eigenvalue weighted by Gasteiger charge is -2.18. The molecule has 0 bridgehead atoms. The maximum absolute atomic E-state index is 11.3. The van der Waals surface area contributed by atoms with Crippen molar-refractivity contribution in [3.05, 3.63) is 32.9 Å². The summed E-state index contributed by atoms with van der Waals surface area (Å²) in [6, 6.07) is 3.80. The number of hydrogen-bond donors (Lipinski definition) is 2. The standard InChI is InChI=1S/C12H10BrN3O2S/c13-9-2-1-8(19-9)11-15-7-3-4-14-5-6(7)10(16-11)12(17)18/h1-2,14H,3-5H2,(H,17,18). The molecule has 19 heavy (non-hydrogen) atoms. The van der Waals surface area contributed by atoms with Crippen molar-refractivity contribution < 1.29 is 9.90 Å². The molecule has 0 aromatic carbocycles. The Labute approximate surface area is 121 Å². The van der Waals surface area contributed by atoms with Crippen molar-refractivity contribution in [2.75, 3.05) is 6.54 Å². The number of thiophene rings is 1. The molecule has 98 valence electrons. The summed E-state index contributed by atoms with van der Waals surface area (Å²) in [5, 5.41) is 12.4. The van der Waals surface area contributed by atoms with Gasteiger partial charge in [0.25, 0.3) is 0 Å². The molecular weight excluding hydrogens is 330 g/mol. The molecule has 5 nitrogen and oxygen atoms in total. The third-order valence-electron chi connectivity index (χ3n) is 2.93. The molecule has 1 aliphatic rings. The summed E-state index contributed by atoms with van der Waals surface area (Å²) in [6.45, 7) is 1.34. The number of nitrogens with zero attached hydrogens (tertiary/aromatic N) is 2. The lowest BCUT2D eigenvalue weighted by Crippen LogP contribution is -2.27. The van der Waals surface area contributed by atoms with Gasteiger partial charge in [-0.1, -0.05) is 0 Å². The molecule has 0 amide bonds. The first-order valence-corrected chi connectivity index (χ1v) is 7.35. The summed E-state index contributed by atoms with van der Waals surface area (Å²) < 4.78 is 0.974. The average Bonchev–Trinajstić information content (AvgIpc) is 2.84. The highest BCUT2D eigenvalue weighted by atomic mass is 79.9. The third kappa shape index (κ3) is 2.41. The van der Waals surface area contributed by atoms with Gasteiger partial charge in [0.2, 0.25) is 0 Å². The highest BCUT2D eigenvalue weighted by molar-refractivity contribution is 9.11. The van der Waals surface area contributed by atoms with Gasteiger partial charge in [-0.15, -0.1) is 11.3 Å². The highest BCUT2D eigenvalue weighted by Crippen LogP contribution is 2.30. The summed E-state index contributed by atoms with van der Waals surface area (Å²) in [5.41, 5.74) is 1.65. The summed E-state index contributed by atoms with van der Waals surface area (Å²) in [7, 11) is 0. The Morgan fingerprint density at radius 3 is 2.95 bits per heavy atom. The van der Waals surface area contributed by atoms with Crippen LogP contribution < -0.4 is 5.32 Å². The number of fused-ring (bicyclic) bond motifs is 1. The molecule has 2 N–H and O–H groups in total. The van der Waals surface area contributed by atoms with Crippen LogP contribution in [0.25, 0.3) is 10.7 Å². The van der Waals surface area contributed by atoms with E-state index in [2.05, 4.69) is 31.2 Å². The van der Waals surface area contributed by atoms with Gasteiger partial charge in [0.05, 0.1) is 14.4 Å². The van der Waals surface area contributed by atoms with E-state index in [1.54, 1.807) is 0 Å². The van der Waals surface area contributed by atoms with Gasteiger partial charge in [0, 0.05) is 25.1 Å². The molecule has 0 unspecified atom stereocenters. The van der Waals surface area contributed by atoms with E-state index in [0.717, 1.165) is 27.3 Å². The number of halogens is 1. The first-order chi connectivity index (χ1) is 9.15. The smallest absolute Gasteiger partial charge is 0.354 e. The molecule has 0 atom stereocenters. The third-order valence-corrected chi connectivity index (χ3v) is 4.55. The topological polar surface area (TPSA) is 75.1 Å². The number of aromatic nitrogens is 2. The first kappa shape index (κ1) is 12.7. The number of nitrogens with one attached hydrogen (secondary N) is 1. The molecule has 3 heterocycles. The molecule has 0 radical (unpaired) electrons. The lowest BCUT2D eigenvalue weighted by atomic mass is 10.1. The number of hydrogen-bond acceptors (Lipinski definition) is 5. The van der Waals surface area contributed by atoms with Crippen LogP contribution in [0, 0.1) is 0 Å². The fourth-order valence-electron chi connectivity index (χ4n) is 2.06. The van der Waals surface area contributed by atoms with Crippen LogP contribution in [0.2, 0.25) is 0 Å². The van der Waals surface area contributed by atoms with Gasteiger partial charge in [-0.3, -0.25) is 0 Å². The number of aromatic carboxylic acids is 1. The Hall–Kier alpha value is -1.31. The van der Waals surface area contributed by atoms with Crippen molar-refractivity contribution in [2.24, 2.45) is 0 Å². The minimum Gasteiger partial charge on any atom is -0.476 e. The van der Waals surface area contributed by atoms with Gasteiger partial charge in [-0.05, 0) is 28.1 Å². The van der Waals surface area contributed by atoms with Crippen molar-refractivity contribution in [2.45, 2.75) is 13.0 Å². The van der Waals surface area contributed by atoms with Crippen LogP contribution in [0.3, 0.4) is 0 Å². The molecule has 1 aliphatic heterocycles. The van der Waals surface area contributed by atoms with Crippen LogP contribution in [0.5, 0.6) is 0 Å². The highest BCUT2D eigenvalue weighted by Gasteiger charge is 2.22. The maximum atomic E-state index is 11.3. The average molecular weight is 340 g/mol. The van der Waals surface area contributed by atoms with Crippen LogP contribution in [-0.4, -0.2) is 27.6 Å². The van der Waals surface area contributed by atoms with E-state index >= 15 is 0 Å². The van der Waals surface area contributed by atoms with Crippen molar-refractivity contribution in [3.63, 3.8) is 0 Å². The molecule has 2 aromatic rings. The largest absolute Gasteiger partial charge is 0.476 e. The Kier molecular flexibility index (Phi) is 3.34. The fourth-order valence-corrected chi connectivity index (χ4v) is 3.38. The zero-order valence-electron chi connectivity index (χ0n) is 9.81. The minimum absolute atomic E-state index is 0.108. The van der Waals surface area contributed by atoms with Crippen molar-refractivity contribution in [3.8, 4) is 10.7 Å². The predicted octanol–water partition coefficient (Wildman–Crippen LogP) is 2.31. The van der Waals surface area contributed by atoms with Gasteiger partial charge in [-0.2, -0.15) is 0 Å². The van der Waals surface area contributed by atoms with Gasteiger partial charge in [0.1, 0.15) is 0 Å². The molecule has 0 spiro atoms. The van der Waals surface area contributed by atoms with E-state index in [-0.39, 0.29) is 5.69 Å². The van der Waals surface area contributed by atoms with Gasteiger partial charge < -0.3 is 10.4 Å². The molecular formula is C12H10BrN3O2S. The van der Waals surface area contributed by atoms with Gasteiger partial charge in [0.15, 0.2) is 11.5 Å². The minimum atomic E-state index is -1.00. The summed E-state index contributed by atoms with van der Waals surface area (Å²) in [6.07, 6.45) is 0.734. The fraction of sp³-hybridized carbons (Fsp3) is 0.250. The second kappa shape index (κ2) is 4.99. The molecule has 0 saturated heterocycles. The molecule has 0 fully saturated rings. The molecule has 7 heteroatoms. The van der Waals surface area contributed by atoms with E-state index in [1.807, 2.05) is 12.1 Å². The van der Waals surface area contributed by atoms with Crippen molar-refractivity contribution >= 4 is 33.2 Å². The van der Waals surface area contributed by atoms with E-state index in [1.165, 1.54) is 11.3 Å². The number of carbonyl (C=O) groups is 1. The normalized spacial score (nSPS) is 14.2. The molecule has 0 saturated carbocycles. The van der Waals surface area contributed by atoms with E-state index in [9.17, 15) is 9.90 Å². The van der Waals surface area contributed by atoms with Crippen LogP contribution in [-0.2, 0) is 13.0 Å². The first-order valence-electron chi connectivity index (χ1n) is 5.74. The van der Waals surface area contributed by atoms with E-state index in [4.69, 9.17) is 0 Å². The van der Waals surface area contributed by atoms with Gasteiger partial charge in [-0.25, -0.2) is 14.8 Å². The predicted molar refractivity (Wildman–Crippen MR) is 75.4 cm³/mol. The SMILES string of the molecule is O=C(O)c1nc(-c2ccc(Br)s2)nc2c1CNCC2. The second-order valence-corrected chi connectivity index (χ2v) is 6.62. The Morgan fingerprint density at radius 2 is 2.26 bits per heavy atom. The lowest BCUT2D eigenvalue weighted by molar-refractivity contribution is 0.0688. The van der Waals surface area contributed by atoms with Crippen LogP contribution in [0.1, 0.15) is 21.7 Å². The molecule has 3 rings (SSSR count). The van der Waals surface area contributed by atoms with Gasteiger partial charge >= 0.3 is 5.97 Å². The molecule has 0 aliphatic carbocycles. The van der Waals surface area contributed by atoms with Crippen LogP contribution >= 0.6 is 27.3 Å². The zero-order valence-corrected chi connectivity index (χ0v) is 12.2. The molecule has 2 aromatic heterocycles.